The van der Waals surface area contributed by atoms with Crippen molar-refractivity contribution < 1.29 is 17.6 Å². The van der Waals surface area contributed by atoms with Gasteiger partial charge < -0.3 is 10.6 Å². The number of halogens is 1. The molecule has 1 heterocycles. The number of amides is 2. The van der Waals surface area contributed by atoms with Crippen LogP contribution in [0.3, 0.4) is 0 Å². The molecule has 0 saturated heterocycles. The molecule has 2 amide bonds. The smallest absolute Gasteiger partial charge is 0.308 e. The summed E-state index contributed by atoms with van der Waals surface area (Å²) in [6.45, 7) is 4.78. The van der Waals surface area contributed by atoms with Crippen LogP contribution in [-0.2, 0) is 9.84 Å². The fourth-order valence-electron chi connectivity index (χ4n) is 2.33. The van der Waals surface area contributed by atoms with E-state index in [1.807, 2.05) is 0 Å². The number of nitrogens with one attached hydrogen (secondary N) is 2. The van der Waals surface area contributed by atoms with Crippen LogP contribution in [0.1, 0.15) is 19.4 Å². The molecule has 27 heavy (non-hydrogen) atoms. The van der Waals surface area contributed by atoms with Crippen molar-refractivity contribution in [2.75, 3.05) is 10.6 Å². The van der Waals surface area contributed by atoms with Gasteiger partial charge in [-0.25, -0.2) is 22.6 Å². The van der Waals surface area contributed by atoms with Gasteiger partial charge >= 0.3 is 6.03 Å². The van der Waals surface area contributed by atoms with Crippen molar-refractivity contribution in [3.63, 3.8) is 0 Å². The number of aromatic nitrogens is 1. The largest absolute Gasteiger partial charge is 0.323 e. The summed E-state index contributed by atoms with van der Waals surface area (Å²) in [5.41, 5.74) is 1.74. The standard InChI is InChI=1S/C18H18FN3O3S2/c1-10(2)27(24,25)18-22-15-8-7-12(9-16(15)26-18)20-17(23)21-14-6-4-5-13(19)11(14)3/h4-10H,1-3H3,(H2,20,21,23). The number of fused-ring (bicyclic) bond motifs is 1. The number of carbonyl (C=O) groups excluding carboxylic acids is 1. The number of urea groups is 1. The fraction of sp³-hybridized carbons (Fsp3) is 0.222. The Balaban J connectivity index is 1.81. The third-order valence-electron chi connectivity index (χ3n) is 4.01. The molecule has 0 aliphatic rings. The summed E-state index contributed by atoms with van der Waals surface area (Å²) < 4.78 is 38.8. The number of carbonyl (C=O) groups is 1. The van der Waals surface area contributed by atoms with Crippen LogP contribution in [0, 0.1) is 12.7 Å². The molecule has 0 bridgehead atoms. The highest BCUT2D eigenvalue weighted by Crippen LogP contribution is 2.30. The molecule has 0 atom stereocenters. The first-order valence-corrected chi connectivity index (χ1v) is 10.5. The highest BCUT2D eigenvalue weighted by atomic mass is 32.2. The molecule has 3 aromatic rings. The van der Waals surface area contributed by atoms with Crippen LogP contribution in [-0.4, -0.2) is 24.7 Å². The quantitative estimate of drug-likeness (QED) is 0.663. The molecule has 0 aliphatic carbocycles. The summed E-state index contributed by atoms with van der Waals surface area (Å²) in [6, 6.07) is 8.84. The van der Waals surface area contributed by atoms with Crippen LogP contribution in [0.15, 0.2) is 40.7 Å². The van der Waals surface area contributed by atoms with Gasteiger partial charge in [-0.15, -0.1) is 11.3 Å². The summed E-state index contributed by atoms with van der Waals surface area (Å²) in [7, 11) is -3.45. The van der Waals surface area contributed by atoms with Crippen molar-refractivity contribution >= 4 is 48.8 Å². The highest BCUT2D eigenvalue weighted by Gasteiger charge is 2.23. The van der Waals surface area contributed by atoms with Gasteiger partial charge in [0, 0.05) is 16.9 Å². The number of anilines is 2. The van der Waals surface area contributed by atoms with Crippen LogP contribution in [0.4, 0.5) is 20.6 Å². The van der Waals surface area contributed by atoms with E-state index in [9.17, 15) is 17.6 Å². The van der Waals surface area contributed by atoms with Gasteiger partial charge in [-0.2, -0.15) is 0 Å². The molecule has 0 spiro atoms. The Bertz CT molecular complexity index is 1120. The van der Waals surface area contributed by atoms with Gasteiger partial charge in [0.1, 0.15) is 5.82 Å². The number of rotatable bonds is 4. The summed E-state index contributed by atoms with van der Waals surface area (Å²) in [4.78, 5) is 16.4. The highest BCUT2D eigenvalue weighted by molar-refractivity contribution is 7.94. The zero-order valence-corrected chi connectivity index (χ0v) is 16.5. The predicted molar refractivity (Wildman–Crippen MR) is 106 cm³/mol. The maximum Gasteiger partial charge on any atom is 0.323 e. The molecule has 0 aliphatic heterocycles. The van der Waals surface area contributed by atoms with E-state index in [4.69, 9.17) is 0 Å². The molecule has 0 radical (unpaired) electrons. The molecule has 0 saturated carbocycles. The van der Waals surface area contributed by atoms with Crippen LogP contribution in [0.5, 0.6) is 0 Å². The number of thiazole rings is 1. The van der Waals surface area contributed by atoms with Crippen molar-refractivity contribution in [2.24, 2.45) is 0 Å². The van der Waals surface area contributed by atoms with E-state index >= 15 is 0 Å². The van der Waals surface area contributed by atoms with Crippen LogP contribution < -0.4 is 10.6 Å². The number of benzene rings is 2. The molecule has 0 unspecified atom stereocenters. The Morgan fingerprint density at radius 2 is 1.93 bits per heavy atom. The van der Waals surface area contributed by atoms with Crippen molar-refractivity contribution in [2.45, 2.75) is 30.4 Å². The van der Waals surface area contributed by atoms with Crippen molar-refractivity contribution in [3.05, 3.63) is 47.8 Å². The van der Waals surface area contributed by atoms with Gasteiger partial charge in [-0.05, 0) is 51.1 Å². The Kier molecular flexibility index (Phi) is 5.16. The molecule has 2 aromatic carbocycles. The van der Waals surface area contributed by atoms with Crippen molar-refractivity contribution in [3.8, 4) is 0 Å². The first kappa shape index (κ1) is 19.2. The number of hydrogen-bond donors (Lipinski definition) is 2. The Labute approximate surface area is 160 Å². The lowest BCUT2D eigenvalue weighted by Gasteiger charge is -2.10. The van der Waals surface area contributed by atoms with Gasteiger partial charge in [0.05, 0.1) is 15.5 Å². The predicted octanol–water partition coefficient (Wildman–Crippen LogP) is 4.57. The van der Waals surface area contributed by atoms with Gasteiger partial charge in [0.15, 0.2) is 0 Å². The number of nitrogens with zero attached hydrogens (tertiary/aromatic N) is 1. The zero-order chi connectivity index (χ0) is 19.8. The third kappa shape index (κ3) is 3.93. The molecule has 1 aromatic heterocycles. The SMILES string of the molecule is Cc1c(F)cccc1NC(=O)Nc1ccc2nc(S(=O)(=O)C(C)C)sc2c1. The minimum atomic E-state index is -3.45. The molecule has 6 nitrogen and oxygen atoms in total. The second kappa shape index (κ2) is 7.24. The molecule has 0 fully saturated rings. The lowest BCUT2D eigenvalue weighted by atomic mass is 10.2. The van der Waals surface area contributed by atoms with Gasteiger partial charge in [0.25, 0.3) is 0 Å². The normalized spacial score (nSPS) is 11.7. The number of hydrogen-bond acceptors (Lipinski definition) is 5. The van der Waals surface area contributed by atoms with Gasteiger partial charge in [-0.1, -0.05) is 6.07 Å². The lowest BCUT2D eigenvalue weighted by Crippen LogP contribution is -2.20. The first-order chi connectivity index (χ1) is 12.7. The minimum absolute atomic E-state index is 0.0597. The van der Waals surface area contributed by atoms with Crippen LogP contribution >= 0.6 is 11.3 Å². The average molecular weight is 407 g/mol. The van der Waals surface area contributed by atoms with Crippen LogP contribution in [0.2, 0.25) is 0 Å². The van der Waals surface area contributed by atoms with E-state index in [1.54, 1.807) is 45.0 Å². The summed E-state index contributed by atoms with van der Waals surface area (Å²) in [6.07, 6.45) is 0. The Morgan fingerprint density at radius 1 is 1.19 bits per heavy atom. The maximum atomic E-state index is 13.6. The van der Waals surface area contributed by atoms with Crippen molar-refractivity contribution in [1.29, 1.82) is 0 Å². The first-order valence-electron chi connectivity index (χ1n) is 8.16. The molecule has 3 rings (SSSR count). The lowest BCUT2D eigenvalue weighted by molar-refractivity contribution is 0.262. The maximum absolute atomic E-state index is 13.6. The summed E-state index contributed by atoms with van der Waals surface area (Å²) in [5, 5.41) is 4.69. The van der Waals surface area contributed by atoms with Crippen LogP contribution in [0.25, 0.3) is 10.2 Å². The van der Waals surface area contributed by atoms with E-state index < -0.39 is 26.9 Å². The Morgan fingerprint density at radius 3 is 2.63 bits per heavy atom. The van der Waals surface area contributed by atoms with E-state index in [2.05, 4.69) is 15.6 Å². The second-order valence-corrected chi connectivity index (χ2v) is 9.96. The summed E-state index contributed by atoms with van der Waals surface area (Å²) in [5.74, 6) is -0.405. The molecule has 2 N–H and O–H groups in total. The topological polar surface area (TPSA) is 88.2 Å². The van der Waals surface area contributed by atoms with Crippen molar-refractivity contribution in [1.82, 2.24) is 4.98 Å². The molecule has 142 valence electrons. The monoisotopic (exact) mass is 407 g/mol. The summed E-state index contributed by atoms with van der Waals surface area (Å²) >= 11 is 1.06. The van der Waals surface area contributed by atoms with Gasteiger partial charge in [-0.3, -0.25) is 0 Å². The molecular formula is C18H18FN3O3S2. The second-order valence-electron chi connectivity index (χ2n) is 6.25. The van der Waals surface area contributed by atoms with E-state index in [1.165, 1.54) is 12.1 Å². The number of sulfone groups is 1. The fourth-order valence-corrected chi connectivity index (χ4v) is 5.01. The van der Waals surface area contributed by atoms with E-state index in [0.717, 1.165) is 11.3 Å². The van der Waals surface area contributed by atoms with E-state index in [0.29, 0.717) is 27.2 Å². The third-order valence-corrected chi connectivity index (χ3v) is 7.59. The molecule has 9 heteroatoms. The minimum Gasteiger partial charge on any atom is -0.308 e. The zero-order valence-electron chi connectivity index (χ0n) is 14.9. The van der Waals surface area contributed by atoms with E-state index in [-0.39, 0.29) is 4.34 Å². The Hall–Kier alpha value is -2.52. The average Bonchev–Trinajstić information content (AvgIpc) is 3.03. The molecular weight excluding hydrogens is 389 g/mol. The van der Waals surface area contributed by atoms with Gasteiger partial charge in [0.2, 0.25) is 14.2 Å².